The highest BCUT2D eigenvalue weighted by molar-refractivity contribution is 5.78. The summed E-state index contributed by atoms with van der Waals surface area (Å²) in [6.45, 7) is 11.0. The Bertz CT molecular complexity index is 505. The van der Waals surface area contributed by atoms with Gasteiger partial charge in [0.05, 0.1) is 12.8 Å². The van der Waals surface area contributed by atoms with Crippen LogP contribution in [0.25, 0.3) is 0 Å². The van der Waals surface area contributed by atoms with Crippen molar-refractivity contribution < 1.29 is 19.1 Å². The van der Waals surface area contributed by atoms with Gasteiger partial charge in [0, 0.05) is 11.8 Å². The molecule has 0 rings (SSSR count). The quantitative estimate of drug-likeness (QED) is 0.507. The van der Waals surface area contributed by atoms with Crippen molar-refractivity contribution in [1.82, 2.24) is 0 Å². The van der Waals surface area contributed by atoms with Gasteiger partial charge in [-0.1, -0.05) is 27.7 Å². The highest BCUT2D eigenvalue weighted by Crippen LogP contribution is 2.29. The van der Waals surface area contributed by atoms with Crippen LogP contribution in [0.1, 0.15) is 80.1 Å². The van der Waals surface area contributed by atoms with E-state index in [2.05, 4.69) is 12.1 Å². The lowest BCUT2D eigenvalue weighted by molar-refractivity contribution is -0.164. The molecule has 0 aliphatic heterocycles. The van der Waals surface area contributed by atoms with Crippen LogP contribution in [0.2, 0.25) is 0 Å². The normalized spacial score (nSPS) is 15.5. The molecule has 0 aliphatic carbocycles. The molecule has 0 spiro atoms. The summed E-state index contributed by atoms with van der Waals surface area (Å²) in [5.74, 6) is -1.36. The van der Waals surface area contributed by atoms with Crippen molar-refractivity contribution in [2.24, 2.45) is 11.8 Å². The van der Waals surface area contributed by atoms with Crippen molar-refractivity contribution in [2.45, 2.75) is 91.3 Å². The minimum absolute atomic E-state index is 0.0693. The predicted molar refractivity (Wildman–Crippen MR) is 97.6 cm³/mol. The molecule has 0 saturated carbocycles. The predicted octanol–water partition coefficient (Wildman–Crippen LogP) is 4.29. The summed E-state index contributed by atoms with van der Waals surface area (Å²) < 4.78 is 10.7. The molecule has 0 bridgehead atoms. The Hall–Kier alpha value is -2.08. The molecular weight excluding hydrogens is 332 g/mol. The van der Waals surface area contributed by atoms with Gasteiger partial charge in [0.2, 0.25) is 0 Å². The number of hydrogen-bond donors (Lipinski definition) is 0. The Morgan fingerprint density at radius 2 is 1.04 bits per heavy atom. The fourth-order valence-corrected chi connectivity index (χ4v) is 3.31. The minimum Gasteiger partial charge on any atom is -0.444 e. The maximum atomic E-state index is 12.1. The SMILES string of the molecule is CCC(CC)C(C)(C#N)OC(=O)CCC(=O)OC(C)(C#N)C(CC)CC. The largest absolute Gasteiger partial charge is 0.444 e. The van der Waals surface area contributed by atoms with Crippen molar-refractivity contribution in [3.63, 3.8) is 0 Å². The summed E-state index contributed by atoms with van der Waals surface area (Å²) in [6, 6.07) is 4.15. The summed E-state index contributed by atoms with van der Waals surface area (Å²) in [5, 5.41) is 18.8. The summed E-state index contributed by atoms with van der Waals surface area (Å²) >= 11 is 0. The number of hydrogen-bond acceptors (Lipinski definition) is 6. The smallest absolute Gasteiger partial charge is 0.307 e. The van der Waals surface area contributed by atoms with Gasteiger partial charge >= 0.3 is 11.9 Å². The number of rotatable bonds is 11. The van der Waals surface area contributed by atoms with Gasteiger partial charge < -0.3 is 9.47 Å². The van der Waals surface area contributed by atoms with Crippen LogP contribution in [0.15, 0.2) is 0 Å². The van der Waals surface area contributed by atoms with E-state index in [0.29, 0.717) is 25.7 Å². The molecule has 6 nitrogen and oxygen atoms in total. The van der Waals surface area contributed by atoms with E-state index >= 15 is 0 Å². The van der Waals surface area contributed by atoms with Gasteiger partial charge in [-0.3, -0.25) is 9.59 Å². The Labute approximate surface area is 157 Å². The summed E-state index contributed by atoms with van der Waals surface area (Å²) in [6.07, 6.45) is 2.50. The van der Waals surface area contributed by atoms with Crippen LogP contribution in [0.5, 0.6) is 0 Å². The van der Waals surface area contributed by atoms with Crippen LogP contribution >= 0.6 is 0 Å². The van der Waals surface area contributed by atoms with Crippen molar-refractivity contribution in [2.75, 3.05) is 0 Å². The number of carbonyl (C=O) groups is 2. The third-order valence-corrected chi connectivity index (χ3v) is 5.16. The summed E-state index contributed by atoms with van der Waals surface area (Å²) in [7, 11) is 0. The molecule has 2 unspecified atom stereocenters. The van der Waals surface area contributed by atoms with Crippen molar-refractivity contribution in [3.8, 4) is 12.1 Å². The minimum atomic E-state index is -1.21. The van der Waals surface area contributed by atoms with Gasteiger partial charge in [-0.05, 0) is 39.5 Å². The summed E-state index contributed by atoms with van der Waals surface area (Å²) in [4.78, 5) is 24.2. The second-order valence-electron chi connectivity index (χ2n) is 6.91. The molecule has 0 radical (unpaired) electrons. The number of nitriles is 2. The van der Waals surface area contributed by atoms with Gasteiger partial charge in [-0.25, -0.2) is 0 Å². The average Bonchev–Trinajstić information content (AvgIpc) is 2.61. The molecule has 0 aromatic carbocycles. The topological polar surface area (TPSA) is 100 Å². The van der Waals surface area contributed by atoms with Crippen LogP contribution in [-0.2, 0) is 19.1 Å². The van der Waals surface area contributed by atoms with Crippen LogP contribution in [0.4, 0.5) is 0 Å². The first kappa shape index (κ1) is 23.9. The van der Waals surface area contributed by atoms with Crippen LogP contribution in [0.3, 0.4) is 0 Å². The van der Waals surface area contributed by atoms with Crippen LogP contribution in [-0.4, -0.2) is 23.1 Å². The molecular formula is C20H32N2O4. The lowest BCUT2D eigenvalue weighted by Crippen LogP contribution is -2.39. The molecule has 0 heterocycles. The molecule has 0 aromatic rings. The van der Waals surface area contributed by atoms with Gasteiger partial charge in [0.1, 0.15) is 12.1 Å². The molecule has 0 aromatic heterocycles. The molecule has 6 heteroatoms. The molecule has 146 valence electrons. The molecule has 0 saturated heterocycles. The molecule has 0 fully saturated rings. The van der Waals surface area contributed by atoms with Crippen molar-refractivity contribution >= 4 is 11.9 Å². The lowest BCUT2D eigenvalue weighted by Gasteiger charge is -2.30. The van der Waals surface area contributed by atoms with E-state index in [-0.39, 0.29) is 24.7 Å². The van der Waals surface area contributed by atoms with Gasteiger partial charge in [-0.15, -0.1) is 0 Å². The van der Waals surface area contributed by atoms with Gasteiger partial charge in [-0.2, -0.15) is 10.5 Å². The first-order valence-corrected chi connectivity index (χ1v) is 9.42. The van der Waals surface area contributed by atoms with E-state index in [1.807, 2.05) is 27.7 Å². The third-order valence-electron chi connectivity index (χ3n) is 5.16. The molecule has 2 atom stereocenters. The van der Waals surface area contributed by atoms with E-state index < -0.39 is 23.1 Å². The summed E-state index contributed by atoms with van der Waals surface area (Å²) in [5.41, 5.74) is -2.41. The Balaban J connectivity index is 4.80. The highest BCUT2D eigenvalue weighted by Gasteiger charge is 2.38. The molecule has 0 amide bonds. The maximum Gasteiger partial charge on any atom is 0.307 e. The Morgan fingerprint density at radius 1 is 0.769 bits per heavy atom. The molecule has 0 N–H and O–H groups in total. The zero-order valence-corrected chi connectivity index (χ0v) is 16.9. The van der Waals surface area contributed by atoms with E-state index in [1.165, 1.54) is 0 Å². The van der Waals surface area contributed by atoms with Crippen LogP contribution in [0, 0.1) is 34.5 Å². The lowest BCUT2D eigenvalue weighted by atomic mass is 9.85. The first-order chi connectivity index (χ1) is 12.2. The second-order valence-corrected chi connectivity index (χ2v) is 6.91. The van der Waals surface area contributed by atoms with Crippen molar-refractivity contribution in [3.05, 3.63) is 0 Å². The zero-order chi connectivity index (χ0) is 20.4. The maximum absolute atomic E-state index is 12.1. The second kappa shape index (κ2) is 10.8. The fourth-order valence-electron chi connectivity index (χ4n) is 3.31. The average molecular weight is 364 g/mol. The zero-order valence-electron chi connectivity index (χ0n) is 16.9. The van der Waals surface area contributed by atoms with Gasteiger partial charge in [0.25, 0.3) is 0 Å². The molecule has 26 heavy (non-hydrogen) atoms. The van der Waals surface area contributed by atoms with E-state index in [9.17, 15) is 20.1 Å². The van der Waals surface area contributed by atoms with Gasteiger partial charge in [0.15, 0.2) is 11.2 Å². The number of carbonyl (C=O) groups excluding carboxylic acids is 2. The van der Waals surface area contributed by atoms with Crippen molar-refractivity contribution in [1.29, 1.82) is 10.5 Å². The van der Waals surface area contributed by atoms with Crippen LogP contribution < -0.4 is 0 Å². The standard InChI is InChI=1S/C20H32N2O4/c1-7-15(8-2)19(5,13-21)25-17(23)11-12-18(24)26-20(6,14-22)16(9-3)10-4/h15-16H,7-12H2,1-6H3. The number of ether oxygens (including phenoxy) is 2. The Morgan fingerprint density at radius 3 is 1.23 bits per heavy atom. The Kier molecular flexibility index (Phi) is 9.94. The fraction of sp³-hybridized carbons (Fsp3) is 0.800. The monoisotopic (exact) mass is 364 g/mol. The molecule has 0 aliphatic rings. The van der Waals surface area contributed by atoms with E-state index in [0.717, 1.165) is 0 Å². The van der Waals surface area contributed by atoms with E-state index in [1.54, 1.807) is 13.8 Å². The number of nitrogens with zero attached hydrogens (tertiary/aromatic N) is 2. The first-order valence-electron chi connectivity index (χ1n) is 9.42. The van der Waals surface area contributed by atoms with E-state index in [4.69, 9.17) is 9.47 Å². The number of esters is 2. The third kappa shape index (κ3) is 6.33. The highest BCUT2D eigenvalue weighted by atomic mass is 16.6.